The Morgan fingerprint density at radius 2 is 2.18 bits per heavy atom. The SMILES string of the molecule is CCOC(=O)C(=O)N/N=C\c1ccccc1F. The van der Waals surface area contributed by atoms with Crippen LogP contribution in [0.25, 0.3) is 0 Å². The fraction of sp³-hybridized carbons (Fsp3) is 0.182. The fourth-order valence-electron chi connectivity index (χ4n) is 0.983. The molecule has 5 nitrogen and oxygen atoms in total. The van der Waals surface area contributed by atoms with Crippen molar-refractivity contribution in [3.63, 3.8) is 0 Å². The van der Waals surface area contributed by atoms with Gasteiger partial charge in [-0.2, -0.15) is 5.10 Å². The second-order valence-electron chi connectivity index (χ2n) is 2.94. The quantitative estimate of drug-likeness (QED) is 0.367. The zero-order valence-corrected chi connectivity index (χ0v) is 9.14. The number of hydrogen-bond donors (Lipinski definition) is 1. The Bertz CT molecular complexity index is 446. The summed E-state index contributed by atoms with van der Waals surface area (Å²) in [4.78, 5) is 21.9. The fourth-order valence-corrected chi connectivity index (χ4v) is 0.983. The summed E-state index contributed by atoms with van der Waals surface area (Å²) in [5, 5.41) is 3.44. The molecule has 0 aromatic heterocycles. The number of carbonyl (C=O) groups is 2. The third kappa shape index (κ3) is 4.02. The monoisotopic (exact) mass is 238 g/mol. The zero-order chi connectivity index (χ0) is 12.7. The van der Waals surface area contributed by atoms with E-state index in [4.69, 9.17) is 0 Å². The van der Waals surface area contributed by atoms with E-state index in [-0.39, 0.29) is 12.2 Å². The van der Waals surface area contributed by atoms with Crippen LogP contribution in [-0.4, -0.2) is 24.7 Å². The summed E-state index contributed by atoms with van der Waals surface area (Å²) in [6.45, 7) is 1.68. The van der Waals surface area contributed by atoms with Crippen molar-refractivity contribution in [1.82, 2.24) is 5.43 Å². The molecular formula is C11H11FN2O3. The average Bonchev–Trinajstić information content (AvgIpc) is 2.31. The highest BCUT2D eigenvalue weighted by Gasteiger charge is 2.12. The van der Waals surface area contributed by atoms with Crippen molar-refractivity contribution >= 4 is 18.1 Å². The topological polar surface area (TPSA) is 67.8 Å². The van der Waals surface area contributed by atoms with Gasteiger partial charge in [0.2, 0.25) is 0 Å². The first-order valence-electron chi connectivity index (χ1n) is 4.89. The molecule has 0 aliphatic rings. The van der Waals surface area contributed by atoms with Gasteiger partial charge in [-0.1, -0.05) is 18.2 Å². The maximum atomic E-state index is 13.1. The highest BCUT2D eigenvalue weighted by atomic mass is 19.1. The third-order valence-corrected chi connectivity index (χ3v) is 1.74. The van der Waals surface area contributed by atoms with E-state index in [0.29, 0.717) is 0 Å². The summed E-state index contributed by atoms with van der Waals surface area (Å²) >= 11 is 0. The Morgan fingerprint density at radius 3 is 2.82 bits per heavy atom. The molecule has 1 N–H and O–H groups in total. The molecule has 1 aromatic rings. The van der Waals surface area contributed by atoms with Crippen molar-refractivity contribution in [1.29, 1.82) is 0 Å². The Kier molecular flexibility index (Phi) is 4.80. The number of esters is 1. The lowest BCUT2D eigenvalue weighted by Crippen LogP contribution is -2.28. The molecule has 0 spiro atoms. The standard InChI is InChI=1S/C11H11FN2O3/c1-2-17-11(16)10(15)14-13-7-8-5-3-4-6-9(8)12/h3-7H,2H2,1H3,(H,14,15)/b13-7-. The van der Waals surface area contributed by atoms with Gasteiger partial charge >= 0.3 is 11.9 Å². The van der Waals surface area contributed by atoms with E-state index < -0.39 is 17.7 Å². The highest BCUT2D eigenvalue weighted by molar-refractivity contribution is 6.32. The van der Waals surface area contributed by atoms with Crippen LogP contribution in [-0.2, 0) is 14.3 Å². The minimum Gasteiger partial charge on any atom is -0.459 e. The van der Waals surface area contributed by atoms with Gasteiger partial charge in [-0.15, -0.1) is 0 Å². The van der Waals surface area contributed by atoms with E-state index >= 15 is 0 Å². The van der Waals surface area contributed by atoms with Crippen LogP contribution in [0.1, 0.15) is 12.5 Å². The van der Waals surface area contributed by atoms with E-state index in [1.54, 1.807) is 13.0 Å². The van der Waals surface area contributed by atoms with Crippen LogP contribution in [0.3, 0.4) is 0 Å². The second-order valence-corrected chi connectivity index (χ2v) is 2.94. The van der Waals surface area contributed by atoms with Gasteiger partial charge in [0.05, 0.1) is 12.8 Å². The Labute approximate surface area is 97.3 Å². The zero-order valence-electron chi connectivity index (χ0n) is 9.14. The molecule has 6 heteroatoms. The van der Waals surface area contributed by atoms with E-state index in [9.17, 15) is 14.0 Å². The number of rotatable bonds is 3. The number of ether oxygens (including phenoxy) is 1. The van der Waals surface area contributed by atoms with E-state index in [0.717, 1.165) is 6.21 Å². The molecule has 0 heterocycles. The van der Waals surface area contributed by atoms with Gasteiger partial charge in [-0.05, 0) is 13.0 Å². The molecule has 1 rings (SSSR count). The number of halogens is 1. The molecule has 0 atom stereocenters. The normalized spacial score (nSPS) is 10.2. The minimum atomic E-state index is -1.03. The summed E-state index contributed by atoms with van der Waals surface area (Å²) in [5.41, 5.74) is 2.14. The first-order chi connectivity index (χ1) is 8.15. The highest BCUT2D eigenvalue weighted by Crippen LogP contribution is 2.02. The van der Waals surface area contributed by atoms with Crippen LogP contribution < -0.4 is 5.43 Å². The van der Waals surface area contributed by atoms with Crippen molar-refractivity contribution in [2.45, 2.75) is 6.92 Å². The number of amides is 1. The van der Waals surface area contributed by atoms with Gasteiger partial charge < -0.3 is 4.74 Å². The van der Waals surface area contributed by atoms with Gasteiger partial charge in [0, 0.05) is 5.56 Å². The second kappa shape index (κ2) is 6.37. The smallest absolute Gasteiger partial charge is 0.398 e. The van der Waals surface area contributed by atoms with Gasteiger partial charge in [-0.3, -0.25) is 4.79 Å². The molecule has 0 unspecified atom stereocenters. The molecule has 0 radical (unpaired) electrons. The number of carbonyl (C=O) groups excluding carboxylic acids is 2. The van der Waals surface area contributed by atoms with E-state index in [1.165, 1.54) is 18.2 Å². The number of hydrazone groups is 1. The molecule has 90 valence electrons. The summed E-state index contributed by atoms with van der Waals surface area (Å²) in [6, 6.07) is 5.89. The van der Waals surface area contributed by atoms with Gasteiger partial charge in [-0.25, -0.2) is 14.6 Å². The van der Waals surface area contributed by atoms with E-state index in [1.807, 2.05) is 5.43 Å². The first-order valence-corrected chi connectivity index (χ1v) is 4.89. The molecule has 0 aliphatic carbocycles. The Balaban J connectivity index is 2.54. The molecule has 1 aromatic carbocycles. The van der Waals surface area contributed by atoms with Crippen LogP contribution in [0.15, 0.2) is 29.4 Å². The maximum absolute atomic E-state index is 13.1. The van der Waals surface area contributed by atoms with Crippen LogP contribution in [0.4, 0.5) is 4.39 Å². The molecule has 0 aliphatic heterocycles. The number of nitrogens with zero attached hydrogens (tertiary/aromatic N) is 1. The predicted octanol–water partition coefficient (Wildman–Crippen LogP) is 0.839. The van der Waals surface area contributed by atoms with E-state index in [2.05, 4.69) is 9.84 Å². The van der Waals surface area contributed by atoms with Gasteiger partial charge in [0.1, 0.15) is 5.82 Å². The molecule has 0 bridgehead atoms. The Hall–Kier alpha value is -2.24. The summed E-state index contributed by atoms with van der Waals surface area (Å²) < 4.78 is 17.5. The van der Waals surface area contributed by atoms with Gasteiger partial charge in [0.25, 0.3) is 0 Å². The number of nitrogens with one attached hydrogen (secondary N) is 1. The Morgan fingerprint density at radius 1 is 1.47 bits per heavy atom. The molecule has 0 saturated carbocycles. The largest absolute Gasteiger partial charge is 0.459 e. The predicted molar refractivity (Wildman–Crippen MR) is 58.8 cm³/mol. The van der Waals surface area contributed by atoms with Crippen molar-refractivity contribution in [2.24, 2.45) is 5.10 Å². The number of benzene rings is 1. The first kappa shape index (κ1) is 12.8. The molecule has 17 heavy (non-hydrogen) atoms. The summed E-state index contributed by atoms with van der Waals surface area (Å²) in [7, 11) is 0. The lowest BCUT2D eigenvalue weighted by atomic mass is 10.2. The molecule has 0 fully saturated rings. The lowest BCUT2D eigenvalue weighted by Gasteiger charge is -1.99. The summed E-state index contributed by atoms with van der Waals surface area (Å²) in [5.74, 6) is -2.50. The average molecular weight is 238 g/mol. The summed E-state index contributed by atoms with van der Waals surface area (Å²) in [6.07, 6.45) is 1.10. The molecule has 1 amide bonds. The van der Waals surface area contributed by atoms with Crippen LogP contribution in [0.5, 0.6) is 0 Å². The minimum absolute atomic E-state index is 0.100. The van der Waals surface area contributed by atoms with Gasteiger partial charge in [0.15, 0.2) is 0 Å². The van der Waals surface area contributed by atoms with Crippen molar-refractivity contribution in [2.75, 3.05) is 6.61 Å². The lowest BCUT2D eigenvalue weighted by molar-refractivity contribution is -0.154. The van der Waals surface area contributed by atoms with Crippen LogP contribution in [0.2, 0.25) is 0 Å². The van der Waals surface area contributed by atoms with Crippen molar-refractivity contribution < 1.29 is 18.7 Å². The van der Waals surface area contributed by atoms with Crippen molar-refractivity contribution in [3.8, 4) is 0 Å². The number of hydrogen-bond acceptors (Lipinski definition) is 4. The third-order valence-electron chi connectivity index (χ3n) is 1.74. The van der Waals surface area contributed by atoms with Crippen molar-refractivity contribution in [3.05, 3.63) is 35.6 Å². The van der Waals surface area contributed by atoms with Crippen LogP contribution in [0, 0.1) is 5.82 Å². The van der Waals surface area contributed by atoms with Crippen LogP contribution >= 0.6 is 0 Å². The molecular weight excluding hydrogens is 227 g/mol. The maximum Gasteiger partial charge on any atom is 0.398 e. The molecule has 0 saturated heterocycles.